The predicted molar refractivity (Wildman–Crippen MR) is 127 cm³/mol. The van der Waals surface area contributed by atoms with E-state index < -0.39 is 5.97 Å². The molecule has 0 bridgehead atoms. The van der Waals surface area contributed by atoms with Crippen LogP contribution in [-0.4, -0.2) is 42.8 Å². The molecule has 3 aromatic heterocycles. The Balaban J connectivity index is 1.47. The molecule has 0 spiro atoms. The highest BCUT2D eigenvalue weighted by Crippen LogP contribution is 2.34. The zero-order valence-corrected chi connectivity index (χ0v) is 19.5. The fourth-order valence-electron chi connectivity index (χ4n) is 3.97. The van der Waals surface area contributed by atoms with E-state index in [1.54, 1.807) is 6.20 Å². The van der Waals surface area contributed by atoms with Crippen LogP contribution in [0.4, 0.5) is 0 Å². The molecule has 4 heterocycles. The molecule has 0 fully saturated rings. The molecule has 166 valence electrons. The molecule has 1 aliphatic rings. The van der Waals surface area contributed by atoms with E-state index in [0.717, 1.165) is 38.6 Å². The van der Waals surface area contributed by atoms with Gasteiger partial charge in [-0.3, -0.25) is 14.5 Å². The van der Waals surface area contributed by atoms with Crippen molar-refractivity contribution in [2.75, 3.05) is 6.61 Å². The van der Waals surface area contributed by atoms with Gasteiger partial charge in [-0.05, 0) is 50.1 Å². The summed E-state index contributed by atoms with van der Waals surface area (Å²) in [6, 6.07) is 11.8. The number of aryl methyl sites for hydroxylation is 1. The van der Waals surface area contributed by atoms with E-state index in [1.807, 2.05) is 37.4 Å². The van der Waals surface area contributed by atoms with Crippen molar-refractivity contribution in [2.24, 2.45) is 4.99 Å². The second-order valence-corrected chi connectivity index (χ2v) is 8.62. The van der Waals surface area contributed by atoms with Gasteiger partial charge in [-0.15, -0.1) is 0 Å². The van der Waals surface area contributed by atoms with Crippen LogP contribution in [0.1, 0.15) is 52.1 Å². The molecule has 0 amide bonds. The Hall–Kier alpha value is -3.59. The van der Waals surface area contributed by atoms with Gasteiger partial charge < -0.3 is 9.72 Å². The first-order chi connectivity index (χ1) is 16.1. The van der Waals surface area contributed by atoms with Crippen molar-refractivity contribution in [3.8, 4) is 5.69 Å². The minimum atomic E-state index is -0.416. The second-order valence-electron chi connectivity index (χ2n) is 7.71. The number of fused-ring (bicyclic) bond motifs is 3. The number of aromatic amines is 1. The molecule has 0 saturated heterocycles. The first-order valence-electron chi connectivity index (χ1n) is 10.6. The molecule has 9 heteroatoms. The van der Waals surface area contributed by atoms with Gasteiger partial charge in [0.15, 0.2) is 0 Å². The second kappa shape index (κ2) is 9.11. The van der Waals surface area contributed by atoms with Gasteiger partial charge in [0.25, 0.3) is 0 Å². The van der Waals surface area contributed by atoms with E-state index >= 15 is 0 Å². The van der Waals surface area contributed by atoms with Crippen molar-refractivity contribution < 1.29 is 9.53 Å². The Kier molecular flexibility index (Phi) is 5.87. The molecule has 1 aliphatic heterocycles. The Morgan fingerprint density at radius 3 is 2.91 bits per heavy atom. The molecule has 4 aromatic rings. The maximum Gasteiger partial charge on any atom is 0.356 e. The zero-order valence-electron chi connectivity index (χ0n) is 17.9. The normalized spacial score (nSPS) is 14.7. The molecule has 0 radical (unpaired) electrons. The Bertz CT molecular complexity index is 1310. The summed E-state index contributed by atoms with van der Waals surface area (Å²) in [6.45, 7) is 2.32. The molecular weight excluding hydrogens is 484 g/mol. The van der Waals surface area contributed by atoms with Crippen LogP contribution in [0.15, 0.2) is 70.8 Å². The van der Waals surface area contributed by atoms with Crippen LogP contribution in [-0.2, 0) is 4.74 Å². The Morgan fingerprint density at radius 1 is 1.21 bits per heavy atom. The van der Waals surface area contributed by atoms with E-state index in [2.05, 4.69) is 47.6 Å². The number of aromatic nitrogens is 5. The number of benzene rings is 1. The number of carbonyl (C=O) groups excluding carboxylic acids is 1. The molecule has 0 aliphatic carbocycles. The summed E-state index contributed by atoms with van der Waals surface area (Å²) in [5.74, 6) is 0.447. The quantitative estimate of drug-likeness (QED) is 0.305. The number of carbonyl (C=O) groups is 1. The van der Waals surface area contributed by atoms with Gasteiger partial charge in [-0.2, -0.15) is 0 Å². The van der Waals surface area contributed by atoms with Crippen molar-refractivity contribution in [1.82, 2.24) is 24.5 Å². The van der Waals surface area contributed by atoms with Crippen molar-refractivity contribution in [3.05, 3.63) is 94.3 Å². The van der Waals surface area contributed by atoms with Crippen molar-refractivity contribution in [2.45, 2.75) is 25.8 Å². The average Bonchev–Trinajstić information content (AvgIpc) is 3.47. The third-order valence-electron chi connectivity index (χ3n) is 5.48. The number of pyridine rings is 1. The van der Waals surface area contributed by atoms with Gasteiger partial charge >= 0.3 is 5.97 Å². The van der Waals surface area contributed by atoms with Gasteiger partial charge in [-0.25, -0.2) is 14.8 Å². The highest BCUT2D eigenvalue weighted by atomic mass is 79.9. The van der Waals surface area contributed by atoms with Gasteiger partial charge in [0, 0.05) is 28.1 Å². The first kappa shape index (κ1) is 21.3. The van der Waals surface area contributed by atoms with E-state index in [4.69, 9.17) is 14.7 Å². The molecule has 8 nitrogen and oxygen atoms in total. The Labute approximate surface area is 198 Å². The lowest BCUT2D eigenvalue weighted by Crippen LogP contribution is -2.10. The van der Waals surface area contributed by atoms with Crippen LogP contribution in [0.2, 0.25) is 0 Å². The van der Waals surface area contributed by atoms with Crippen LogP contribution < -0.4 is 0 Å². The predicted octanol–water partition coefficient (Wildman–Crippen LogP) is 4.59. The van der Waals surface area contributed by atoms with Crippen LogP contribution in [0, 0.1) is 6.92 Å². The number of esters is 1. The maximum absolute atomic E-state index is 12.1. The molecule has 1 aromatic carbocycles. The maximum atomic E-state index is 12.1. The number of rotatable bonds is 6. The molecular formula is C24H21BrN6O2. The smallest absolute Gasteiger partial charge is 0.356 e. The van der Waals surface area contributed by atoms with E-state index in [0.29, 0.717) is 18.5 Å². The first-order valence-corrected chi connectivity index (χ1v) is 11.4. The molecule has 0 unspecified atom stereocenters. The number of aliphatic imine (C=N–C) groups is 1. The van der Waals surface area contributed by atoms with E-state index in [9.17, 15) is 4.79 Å². The Morgan fingerprint density at radius 2 is 2.12 bits per heavy atom. The highest BCUT2D eigenvalue weighted by Gasteiger charge is 2.27. The number of nitrogens with zero attached hydrogens (tertiary/aromatic N) is 5. The summed E-state index contributed by atoms with van der Waals surface area (Å²) in [4.78, 5) is 33.1. The minimum absolute atomic E-state index is 0.215. The van der Waals surface area contributed by atoms with Crippen molar-refractivity contribution >= 4 is 27.6 Å². The number of imidazole rings is 2. The SMILES string of the molecule is Cc1cnc2n1-c1ccc(Br)cc1C(c1ccccn1)=N[C@H]2CCCOC(=O)c1cnc[nH]1. The molecule has 33 heavy (non-hydrogen) atoms. The van der Waals surface area contributed by atoms with Gasteiger partial charge in [0.2, 0.25) is 0 Å². The molecule has 1 atom stereocenters. The molecule has 0 saturated carbocycles. The number of hydrogen-bond donors (Lipinski definition) is 1. The van der Waals surface area contributed by atoms with E-state index in [-0.39, 0.29) is 12.6 Å². The van der Waals surface area contributed by atoms with Crippen LogP contribution >= 0.6 is 15.9 Å². The number of ether oxygens (including phenoxy) is 1. The number of halogens is 1. The van der Waals surface area contributed by atoms with Crippen molar-refractivity contribution in [1.29, 1.82) is 0 Å². The molecule has 5 rings (SSSR count). The van der Waals surface area contributed by atoms with E-state index in [1.165, 1.54) is 12.5 Å². The summed E-state index contributed by atoms with van der Waals surface area (Å²) >= 11 is 3.61. The highest BCUT2D eigenvalue weighted by molar-refractivity contribution is 9.10. The number of hydrogen-bond acceptors (Lipinski definition) is 6. The van der Waals surface area contributed by atoms with Crippen LogP contribution in [0.3, 0.4) is 0 Å². The average molecular weight is 505 g/mol. The zero-order chi connectivity index (χ0) is 22.8. The van der Waals surface area contributed by atoms with Crippen LogP contribution in [0.25, 0.3) is 5.69 Å². The third-order valence-corrected chi connectivity index (χ3v) is 5.98. The third kappa shape index (κ3) is 4.23. The lowest BCUT2D eigenvalue weighted by molar-refractivity contribution is 0.0490. The summed E-state index contributed by atoms with van der Waals surface area (Å²) in [6.07, 6.45) is 7.84. The van der Waals surface area contributed by atoms with Crippen LogP contribution in [0.5, 0.6) is 0 Å². The number of nitrogens with one attached hydrogen (secondary N) is 1. The minimum Gasteiger partial charge on any atom is -0.461 e. The summed E-state index contributed by atoms with van der Waals surface area (Å²) in [5, 5.41) is 0. The standard InChI is InChI=1S/C24H21BrN6O2/c1-15-12-28-23-19(6-4-10-33-24(32)20-13-26-14-29-20)30-22(18-5-2-3-9-27-18)17-11-16(25)7-8-21(17)31(15)23/h2-3,5,7-9,11-14,19H,4,6,10H2,1H3,(H,26,29)/t19-/m0/s1. The number of H-pyrrole nitrogens is 1. The van der Waals surface area contributed by atoms with Crippen molar-refractivity contribution in [3.63, 3.8) is 0 Å². The van der Waals surface area contributed by atoms with Gasteiger partial charge in [0.05, 0.1) is 36.2 Å². The lowest BCUT2D eigenvalue weighted by atomic mass is 10.0. The summed E-state index contributed by atoms with van der Waals surface area (Å²) in [5.41, 5.74) is 4.99. The van der Waals surface area contributed by atoms with Gasteiger partial charge in [0.1, 0.15) is 17.6 Å². The monoisotopic (exact) mass is 504 g/mol. The fourth-order valence-corrected chi connectivity index (χ4v) is 4.33. The summed E-state index contributed by atoms with van der Waals surface area (Å²) in [7, 11) is 0. The summed E-state index contributed by atoms with van der Waals surface area (Å²) < 4.78 is 8.51. The topological polar surface area (TPSA) is 98.1 Å². The van der Waals surface area contributed by atoms with Gasteiger partial charge in [-0.1, -0.05) is 22.0 Å². The fraction of sp³-hybridized carbons (Fsp3) is 0.208. The lowest BCUT2D eigenvalue weighted by Gasteiger charge is -2.14. The largest absolute Gasteiger partial charge is 0.461 e. The molecule has 1 N–H and O–H groups in total.